The standard InChI is InChI=1S/C22H22ClFN2O3/c1-28-16-7-5-15(6-8-16)25-22(27)29-21-14-9-11-26(12-10-14)20(21)13-17-18(23)3-2-4-19(17)24/h2-8,13-14,21H,9-12H2,1H3,(H,25,27). The number of hydrogen-bond donors (Lipinski definition) is 1. The molecule has 2 bridgehead atoms. The van der Waals surface area contributed by atoms with Crippen molar-refractivity contribution in [3.8, 4) is 5.75 Å². The summed E-state index contributed by atoms with van der Waals surface area (Å²) in [6, 6.07) is 11.6. The highest BCUT2D eigenvalue weighted by molar-refractivity contribution is 6.32. The van der Waals surface area contributed by atoms with Crippen LogP contribution in [-0.2, 0) is 4.74 Å². The van der Waals surface area contributed by atoms with Crippen molar-refractivity contribution in [2.75, 3.05) is 25.5 Å². The zero-order valence-corrected chi connectivity index (χ0v) is 16.8. The molecule has 3 fully saturated rings. The van der Waals surface area contributed by atoms with Gasteiger partial charge in [-0.15, -0.1) is 0 Å². The Labute approximate surface area is 174 Å². The molecule has 0 radical (unpaired) electrons. The molecule has 1 atom stereocenters. The average molecular weight is 417 g/mol. The lowest BCUT2D eigenvalue weighted by atomic mass is 9.82. The van der Waals surface area contributed by atoms with Crippen LogP contribution in [0.2, 0.25) is 5.02 Å². The van der Waals surface area contributed by atoms with Gasteiger partial charge in [0.05, 0.1) is 17.8 Å². The highest BCUT2D eigenvalue weighted by Crippen LogP contribution is 2.38. The number of piperidine rings is 3. The molecule has 1 N–H and O–H groups in total. The van der Waals surface area contributed by atoms with Crippen LogP contribution in [-0.4, -0.2) is 37.3 Å². The minimum absolute atomic E-state index is 0.207. The summed E-state index contributed by atoms with van der Waals surface area (Å²) in [6.07, 6.45) is 2.60. The molecule has 3 aliphatic rings. The summed E-state index contributed by atoms with van der Waals surface area (Å²) in [5.74, 6) is 0.515. The molecule has 3 aliphatic heterocycles. The fourth-order valence-electron chi connectivity index (χ4n) is 3.95. The average Bonchev–Trinajstić information content (AvgIpc) is 2.73. The van der Waals surface area contributed by atoms with E-state index in [0.717, 1.165) is 31.6 Å². The lowest BCUT2D eigenvalue weighted by molar-refractivity contribution is 0.0103. The van der Waals surface area contributed by atoms with Gasteiger partial charge in [-0.25, -0.2) is 9.18 Å². The van der Waals surface area contributed by atoms with E-state index in [-0.39, 0.29) is 5.92 Å². The molecule has 1 unspecified atom stereocenters. The Balaban J connectivity index is 1.55. The Morgan fingerprint density at radius 1 is 1.21 bits per heavy atom. The largest absolute Gasteiger partial charge is 0.497 e. The van der Waals surface area contributed by atoms with Crippen molar-refractivity contribution in [1.82, 2.24) is 4.90 Å². The van der Waals surface area contributed by atoms with Gasteiger partial charge in [0.25, 0.3) is 0 Å². The number of nitrogens with one attached hydrogen (secondary N) is 1. The molecule has 29 heavy (non-hydrogen) atoms. The van der Waals surface area contributed by atoms with Gasteiger partial charge in [-0.1, -0.05) is 17.7 Å². The second kappa shape index (κ2) is 8.33. The molecule has 2 aromatic rings. The zero-order chi connectivity index (χ0) is 20.4. The number of fused-ring (bicyclic) bond motifs is 3. The van der Waals surface area contributed by atoms with E-state index < -0.39 is 18.0 Å². The molecule has 0 saturated carbocycles. The number of amides is 1. The zero-order valence-electron chi connectivity index (χ0n) is 16.0. The fourth-order valence-corrected chi connectivity index (χ4v) is 4.16. The van der Waals surface area contributed by atoms with Gasteiger partial charge in [0.1, 0.15) is 17.7 Å². The van der Waals surface area contributed by atoms with Crippen molar-refractivity contribution in [2.24, 2.45) is 5.92 Å². The Morgan fingerprint density at radius 2 is 1.93 bits per heavy atom. The number of carbonyl (C=O) groups is 1. The van der Waals surface area contributed by atoms with Gasteiger partial charge >= 0.3 is 6.09 Å². The van der Waals surface area contributed by atoms with Crippen molar-refractivity contribution >= 4 is 29.5 Å². The molecule has 0 aliphatic carbocycles. The Hall–Kier alpha value is -2.73. The van der Waals surface area contributed by atoms with E-state index in [9.17, 15) is 9.18 Å². The Bertz CT molecular complexity index is 904. The van der Waals surface area contributed by atoms with E-state index >= 15 is 0 Å². The molecular formula is C22H22ClFN2O3. The van der Waals surface area contributed by atoms with Crippen LogP contribution in [0.3, 0.4) is 0 Å². The van der Waals surface area contributed by atoms with Crippen LogP contribution in [0.1, 0.15) is 18.4 Å². The summed E-state index contributed by atoms with van der Waals surface area (Å²) in [4.78, 5) is 14.7. The molecule has 7 heteroatoms. The monoisotopic (exact) mass is 416 g/mol. The molecule has 152 valence electrons. The Kier molecular flexibility index (Phi) is 5.62. The quantitative estimate of drug-likeness (QED) is 0.746. The maximum absolute atomic E-state index is 14.3. The molecule has 3 saturated heterocycles. The minimum Gasteiger partial charge on any atom is -0.497 e. The van der Waals surface area contributed by atoms with Gasteiger partial charge in [0, 0.05) is 30.3 Å². The van der Waals surface area contributed by atoms with E-state index in [4.69, 9.17) is 21.1 Å². The van der Waals surface area contributed by atoms with Gasteiger partial charge in [0.2, 0.25) is 0 Å². The predicted molar refractivity (Wildman–Crippen MR) is 111 cm³/mol. The SMILES string of the molecule is COc1ccc(NC(=O)OC2C(=Cc3c(F)cccc3Cl)N3CCC2CC3)cc1. The van der Waals surface area contributed by atoms with Crippen LogP contribution in [0.15, 0.2) is 48.2 Å². The van der Waals surface area contributed by atoms with E-state index in [2.05, 4.69) is 10.2 Å². The van der Waals surface area contributed by atoms with E-state index in [1.54, 1.807) is 49.6 Å². The second-order valence-electron chi connectivity index (χ2n) is 7.21. The molecule has 5 rings (SSSR count). The van der Waals surface area contributed by atoms with Crippen molar-refractivity contribution in [3.63, 3.8) is 0 Å². The van der Waals surface area contributed by atoms with Crippen molar-refractivity contribution < 1.29 is 18.7 Å². The summed E-state index contributed by atoms with van der Waals surface area (Å²) in [5, 5.41) is 3.08. The van der Waals surface area contributed by atoms with Gasteiger partial charge < -0.3 is 14.4 Å². The first-order chi connectivity index (χ1) is 14.0. The van der Waals surface area contributed by atoms with Gasteiger partial charge in [-0.05, 0) is 55.3 Å². The highest BCUT2D eigenvalue weighted by Gasteiger charge is 2.40. The number of nitrogens with zero attached hydrogens (tertiary/aromatic N) is 1. The summed E-state index contributed by atoms with van der Waals surface area (Å²) in [5.41, 5.74) is 1.73. The topological polar surface area (TPSA) is 50.8 Å². The third kappa shape index (κ3) is 4.17. The number of hydrogen-bond acceptors (Lipinski definition) is 4. The maximum atomic E-state index is 14.3. The fraction of sp³-hybridized carbons (Fsp3) is 0.318. The van der Waals surface area contributed by atoms with Crippen molar-refractivity contribution in [1.29, 1.82) is 0 Å². The maximum Gasteiger partial charge on any atom is 0.412 e. The summed E-state index contributed by atoms with van der Waals surface area (Å²) < 4.78 is 25.2. The van der Waals surface area contributed by atoms with Gasteiger partial charge in [-0.3, -0.25) is 5.32 Å². The molecule has 2 aromatic carbocycles. The van der Waals surface area contributed by atoms with Crippen molar-refractivity contribution in [3.05, 3.63) is 64.6 Å². The Morgan fingerprint density at radius 3 is 2.59 bits per heavy atom. The summed E-state index contributed by atoms with van der Waals surface area (Å²) >= 11 is 6.20. The normalized spacial score (nSPS) is 21.9. The number of carbonyl (C=O) groups excluding carboxylic acids is 1. The molecule has 1 amide bonds. The van der Waals surface area contributed by atoms with Crippen LogP contribution in [0, 0.1) is 11.7 Å². The van der Waals surface area contributed by atoms with E-state index in [0.29, 0.717) is 22.0 Å². The first kappa shape index (κ1) is 19.6. The molecule has 3 heterocycles. The highest BCUT2D eigenvalue weighted by atomic mass is 35.5. The third-order valence-corrected chi connectivity index (χ3v) is 5.82. The van der Waals surface area contributed by atoms with Gasteiger partial charge in [-0.2, -0.15) is 0 Å². The smallest absolute Gasteiger partial charge is 0.412 e. The van der Waals surface area contributed by atoms with Crippen LogP contribution < -0.4 is 10.1 Å². The molecular weight excluding hydrogens is 395 g/mol. The second-order valence-corrected chi connectivity index (χ2v) is 7.62. The number of methoxy groups -OCH3 is 1. The van der Waals surface area contributed by atoms with Crippen molar-refractivity contribution in [2.45, 2.75) is 18.9 Å². The first-order valence-corrected chi connectivity index (χ1v) is 9.95. The molecule has 0 aromatic heterocycles. The summed E-state index contributed by atoms with van der Waals surface area (Å²) in [6.45, 7) is 1.73. The first-order valence-electron chi connectivity index (χ1n) is 9.57. The van der Waals surface area contributed by atoms with Crippen LogP contribution in [0.4, 0.5) is 14.9 Å². The van der Waals surface area contributed by atoms with E-state index in [1.165, 1.54) is 6.07 Å². The predicted octanol–water partition coefficient (Wildman–Crippen LogP) is 5.17. The number of rotatable bonds is 4. The number of anilines is 1. The number of halogens is 2. The number of benzene rings is 2. The van der Waals surface area contributed by atoms with Gasteiger partial charge in [0.15, 0.2) is 0 Å². The minimum atomic E-state index is -0.542. The van der Waals surface area contributed by atoms with E-state index in [1.807, 2.05) is 0 Å². The van der Waals surface area contributed by atoms with Crippen LogP contribution in [0.25, 0.3) is 6.08 Å². The molecule has 5 nitrogen and oxygen atoms in total. The van der Waals surface area contributed by atoms with Crippen LogP contribution in [0.5, 0.6) is 5.75 Å². The lowest BCUT2D eigenvalue weighted by Gasteiger charge is -2.47. The summed E-state index contributed by atoms with van der Waals surface area (Å²) in [7, 11) is 1.58. The lowest BCUT2D eigenvalue weighted by Crippen LogP contribution is -2.50. The molecule has 0 spiro atoms. The van der Waals surface area contributed by atoms with Crippen LogP contribution >= 0.6 is 11.6 Å². The third-order valence-electron chi connectivity index (χ3n) is 5.49. The number of ether oxygens (including phenoxy) is 2.